The fraction of sp³-hybridized carbons (Fsp3) is 0.909. The molecule has 0 aromatic carbocycles. The number of esters is 1. The summed E-state index contributed by atoms with van der Waals surface area (Å²) in [6.45, 7) is 4.47. The first kappa shape index (κ1) is 15.4. The molecule has 0 aromatic rings. The minimum absolute atomic E-state index is 0.0263. The first-order valence-corrected chi connectivity index (χ1v) is 7.66. The number of hydrogen-bond acceptors (Lipinski definition) is 5. The first-order valence-electron chi connectivity index (χ1n) is 6.05. The number of nitrogens with zero attached hydrogens (tertiary/aromatic N) is 1. The van der Waals surface area contributed by atoms with Gasteiger partial charge in [-0.15, -0.1) is 0 Å². The lowest BCUT2D eigenvalue weighted by Gasteiger charge is -2.34. The molecule has 1 rings (SSSR count). The van der Waals surface area contributed by atoms with Gasteiger partial charge < -0.3 is 9.47 Å². The van der Waals surface area contributed by atoms with E-state index in [0.717, 1.165) is 0 Å². The van der Waals surface area contributed by atoms with Gasteiger partial charge in [0.15, 0.2) is 0 Å². The van der Waals surface area contributed by atoms with E-state index >= 15 is 0 Å². The Morgan fingerprint density at radius 2 is 1.89 bits per heavy atom. The van der Waals surface area contributed by atoms with Crippen LogP contribution in [0.1, 0.15) is 26.7 Å². The molecule has 0 amide bonds. The van der Waals surface area contributed by atoms with Gasteiger partial charge in [-0.3, -0.25) is 4.79 Å². The van der Waals surface area contributed by atoms with E-state index in [9.17, 15) is 13.2 Å². The molecule has 0 bridgehead atoms. The molecule has 7 heteroatoms. The second-order valence-electron chi connectivity index (χ2n) is 4.57. The summed E-state index contributed by atoms with van der Waals surface area (Å²) in [5.41, 5.74) is 0. The zero-order valence-corrected chi connectivity index (χ0v) is 11.9. The lowest BCUT2D eigenvalue weighted by molar-refractivity contribution is -0.140. The summed E-state index contributed by atoms with van der Waals surface area (Å²) in [4.78, 5) is 10.9. The summed E-state index contributed by atoms with van der Waals surface area (Å²) in [7, 11) is -2.01. The van der Waals surface area contributed by atoms with Crippen molar-refractivity contribution in [1.29, 1.82) is 0 Å². The average Bonchev–Trinajstić information content (AvgIpc) is 2.27. The highest BCUT2D eigenvalue weighted by atomic mass is 32.2. The lowest BCUT2D eigenvalue weighted by Crippen LogP contribution is -2.48. The van der Waals surface area contributed by atoms with E-state index < -0.39 is 10.0 Å². The van der Waals surface area contributed by atoms with Gasteiger partial charge in [0.1, 0.15) is 0 Å². The summed E-state index contributed by atoms with van der Waals surface area (Å²) in [6.07, 6.45) is 0.230. The molecule has 1 fully saturated rings. The monoisotopic (exact) mass is 279 g/mol. The minimum atomic E-state index is -3.31. The Bertz CT molecular complexity index is 371. The fourth-order valence-corrected chi connectivity index (χ4v) is 3.63. The van der Waals surface area contributed by atoms with Crippen LogP contribution < -0.4 is 0 Å². The van der Waals surface area contributed by atoms with Gasteiger partial charge in [-0.1, -0.05) is 0 Å². The third-order valence-corrected chi connectivity index (χ3v) is 4.68. The SMILES string of the molecule is COC(=O)CCCS(=O)(=O)N1CC(C)OC(C)C1. The van der Waals surface area contributed by atoms with Gasteiger partial charge >= 0.3 is 5.97 Å². The van der Waals surface area contributed by atoms with E-state index in [2.05, 4.69) is 4.74 Å². The molecule has 1 aliphatic rings. The van der Waals surface area contributed by atoms with Crippen molar-refractivity contribution in [2.75, 3.05) is 26.0 Å². The van der Waals surface area contributed by atoms with Crippen LogP contribution >= 0.6 is 0 Å². The van der Waals surface area contributed by atoms with Crippen LogP contribution in [0.2, 0.25) is 0 Å². The van der Waals surface area contributed by atoms with Crippen molar-refractivity contribution in [3.8, 4) is 0 Å². The number of rotatable bonds is 5. The number of carbonyl (C=O) groups is 1. The van der Waals surface area contributed by atoms with E-state index in [1.54, 1.807) is 0 Å². The topological polar surface area (TPSA) is 72.9 Å². The number of carbonyl (C=O) groups excluding carboxylic acids is 1. The second-order valence-corrected chi connectivity index (χ2v) is 6.66. The zero-order valence-electron chi connectivity index (χ0n) is 11.1. The molecule has 2 unspecified atom stereocenters. The summed E-state index contributed by atoms with van der Waals surface area (Å²) >= 11 is 0. The molecule has 0 radical (unpaired) electrons. The molecule has 1 aliphatic heterocycles. The summed E-state index contributed by atoms with van der Waals surface area (Å²) in [5.74, 6) is -0.407. The van der Waals surface area contributed by atoms with Crippen LogP contribution in [0.3, 0.4) is 0 Å². The third kappa shape index (κ3) is 4.55. The van der Waals surface area contributed by atoms with E-state index in [1.807, 2.05) is 13.8 Å². The van der Waals surface area contributed by atoms with Gasteiger partial charge in [0, 0.05) is 19.5 Å². The Morgan fingerprint density at radius 3 is 2.39 bits per heavy atom. The van der Waals surface area contributed by atoms with Crippen molar-refractivity contribution in [2.24, 2.45) is 0 Å². The predicted octanol–water partition coefficient (Wildman–Crippen LogP) is 0.379. The molecule has 1 heterocycles. The standard InChI is InChI=1S/C11H21NO5S/c1-9-7-12(8-10(2)17-9)18(14,15)6-4-5-11(13)16-3/h9-10H,4-8H2,1-3H3. The van der Waals surface area contributed by atoms with E-state index in [4.69, 9.17) is 4.74 Å². The molecule has 106 valence electrons. The Balaban J connectivity index is 2.50. The average molecular weight is 279 g/mol. The molecule has 1 saturated heterocycles. The van der Waals surface area contributed by atoms with Crippen LogP contribution in [0.5, 0.6) is 0 Å². The highest BCUT2D eigenvalue weighted by Gasteiger charge is 2.30. The molecular weight excluding hydrogens is 258 g/mol. The van der Waals surface area contributed by atoms with Gasteiger partial charge in [0.05, 0.1) is 25.1 Å². The normalized spacial score (nSPS) is 25.9. The summed E-state index contributed by atoms with van der Waals surface area (Å²) < 4.78 is 35.5. The van der Waals surface area contributed by atoms with Gasteiger partial charge in [-0.2, -0.15) is 4.31 Å². The van der Waals surface area contributed by atoms with Gasteiger partial charge in [0.25, 0.3) is 0 Å². The molecule has 0 aliphatic carbocycles. The Morgan fingerprint density at radius 1 is 1.33 bits per heavy atom. The number of sulfonamides is 1. The first-order chi connectivity index (χ1) is 8.35. The van der Waals surface area contributed by atoms with Crippen molar-refractivity contribution < 1.29 is 22.7 Å². The Hall–Kier alpha value is -0.660. The quantitative estimate of drug-likeness (QED) is 0.680. The van der Waals surface area contributed by atoms with Crippen molar-refractivity contribution in [2.45, 2.75) is 38.9 Å². The number of morpholine rings is 1. The molecule has 18 heavy (non-hydrogen) atoms. The third-order valence-electron chi connectivity index (χ3n) is 2.79. The molecule has 0 saturated carbocycles. The molecular formula is C11H21NO5S. The van der Waals surface area contributed by atoms with Crippen molar-refractivity contribution in [3.63, 3.8) is 0 Å². The smallest absolute Gasteiger partial charge is 0.305 e. The van der Waals surface area contributed by atoms with E-state index in [-0.39, 0.29) is 36.8 Å². The molecule has 0 N–H and O–H groups in total. The van der Waals surface area contributed by atoms with Crippen LogP contribution in [-0.2, 0) is 24.3 Å². The highest BCUT2D eigenvalue weighted by Crippen LogP contribution is 2.15. The van der Waals surface area contributed by atoms with Crippen molar-refractivity contribution >= 4 is 16.0 Å². The summed E-state index contributed by atoms with van der Waals surface area (Å²) in [5, 5.41) is 0. The van der Waals surface area contributed by atoms with Crippen LogP contribution in [0.15, 0.2) is 0 Å². The van der Waals surface area contributed by atoms with Crippen LogP contribution in [0.25, 0.3) is 0 Å². The maximum Gasteiger partial charge on any atom is 0.305 e. The van der Waals surface area contributed by atoms with Gasteiger partial charge in [-0.05, 0) is 20.3 Å². The lowest BCUT2D eigenvalue weighted by atomic mass is 10.3. The largest absolute Gasteiger partial charge is 0.469 e. The zero-order chi connectivity index (χ0) is 13.8. The van der Waals surface area contributed by atoms with Crippen LogP contribution in [0, 0.1) is 0 Å². The van der Waals surface area contributed by atoms with E-state index in [0.29, 0.717) is 13.1 Å². The molecule has 6 nitrogen and oxygen atoms in total. The number of methoxy groups -OCH3 is 1. The Labute approximate surface area is 108 Å². The van der Waals surface area contributed by atoms with Crippen LogP contribution in [0.4, 0.5) is 0 Å². The van der Waals surface area contributed by atoms with Gasteiger partial charge in [-0.25, -0.2) is 8.42 Å². The van der Waals surface area contributed by atoms with E-state index in [1.165, 1.54) is 11.4 Å². The number of ether oxygens (including phenoxy) is 2. The Kier molecular flexibility index (Phi) is 5.55. The van der Waals surface area contributed by atoms with Crippen LogP contribution in [-0.4, -0.2) is 56.9 Å². The van der Waals surface area contributed by atoms with Crippen molar-refractivity contribution in [1.82, 2.24) is 4.31 Å². The maximum absolute atomic E-state index is 12.1. The maximum atomic E-state index is 12.1. The van der Waals surface area contributed by atoms with Gasteiger partial charge in [0.2, 0.25) is 10.0 Å². The molecule has 2 atom stereocenters. The highest BCUT2D eigenvalue weighted by molar-refractivity contribution is 7.89. The second kappa shape index (κ2) is 6.49. The predicted molar refractivity (Wildman–Crippen MR) is 66.6 cm³/mol. The molecule has 0 spiro atoms. The minimum Gasteiger partial charge on any atom is -0.469 e. The fourth-order valence-electron chi connectivity index (χ4n) is 1.99. The summed E-state index contributed by atoms with van der Waals surface area (Å²) in [6, 6.07) is 0. The molecule has 0 aromatic heterocycles. The number of hydrogen-bond donors (Lipinski definition) is 0. The van der Waals surface area contributed by atoms with Crippen molar-refractivity contribution in [3.05, 3.63) is 0 Å².